The first kappa shape index (κ1) is 22.6. The number of rotatable bonds is 11. The normalized spacial score (nSPS) is 16.9. The highest BCUT2D eigenvalue weighted by Gasteiger charge is 2.31. The maximum atomic E-state index is 9.55. The predicted molar refractivity (Wildman–Crippen MR) is 120 cm³/mol. The molecule has 1 fully saturated rings. The van der Waals surface area contributed by atoms with Gasteiger partial charge in [0.1, 0.15) is 30.8 Å². The molecule has 1 heterocycles. The van der Waals surface area contributed by atoms with E-state index in [1.165, 1.54) is 11.1 Å². The average Bonchev–Trinajstić information content (AvgIpc) is 3.58. The lowest BCUT2D eigenvalue weighted by atomic mass is 9.70. The van der Waals surface area contributed by atoms with E-state index in [1.807, 2.05) is 13.0 Å². The van der Waals surface area contributed by atoms with E-state index in [0.717, 1.165) is 48.6 Å². The van der Waals surface area contributed by atoms with Gasteiger partial charge >= 0.3 is 0 Å². The Hall–Kier alpha value is -2.08. The summed E-state index contributed by atoms with van der Waals surface area (Å²) in [5.41, 5.74) is 4.66. The smallest absolute Gasteiger partial charge is 0.122 e. The molecule has 0 aliphatic carbocycles. The molecule has 1 aliphatic heterocycles. The van der Waals surface area contributed by atoms with Crippen molar-refractivity contribution in [2.45, 2.75) is 58.1 Å². The van der Waals surface area contributed by atoms with Crippen molar-refractivity contribution in [3.63, 3.8) is 0 Å². The third-order valence-corrected chi connectivity index (χ3v) is 6.24. The number of benzene rings is 2. The summed E-state index contributed by atoms with van der Waals surface area (Å²) < 4.78 is 11.7. The second-order valence-electron chi connectivity index (χ2n) is 8.31. The molecule has 2 aromatic carbocycles. The van der Waals surface area contributed by atoms with Gasteiger partial charge in [0.25, 0.3) is 0 Å². The van der Waals surface area contributed by atoms with E-state index in [9.17, 15) is 5.11 Å². The summed E-state index contributed by atoms with van der Waals surface area (Å²) in [5.74, 6) is 1.69. The molecule has 0 bridgehead atoms. The SMILES string of the molecule is CCC(CC)(c1ccc(OCC(O)CO)c(C)c1)c1ccc(OCC2CN2)c(C)c1. The van der Waals surface area contributed by atoms with Crippen LogP contribution in [0.1, 0.15) is 48.9 Å². The van der Waals surface area contributed by atoms with E-state index in [-0.39, 0.29) is 18.6 Å². The van der Waals surface area contributed by atoms with Crippen molar-refractivity contribution in [3.8, 4) is 11.5 Å². The lowest BCUT2D eigenvalue weighted by Crippen LogP contribution is -2.26. The van der Waals surface area contributed by atoms with Crippen LogP contribution in [-0.2, 0) is 5.41 Å². The van der Waals surface area contributed by atoms with Gasteiger partial charge in [-0.05, 0) is 61.1 Å². The molecule has 5 nitrogen and oxygen atoms in total. The summed E-state index contributed by atoms with van der Waals surface area (Å²) in [5, 5.41) is 21.8. The molecule has 3 rings (SSSR count). The lowest BCUT2D eigenvalue weighted by molar-refractivity contribution is 0.0534. The van der Waals surface area contributed by atoms with Crippen molar-refractivity contribution in [1.29, 1.82) is 0 Å². The fourth-order valence-corrected chi connectivity index (χ4v) is 4.08. The molecular formula is C25H35NO4. The molecule has 164 valence electrons. The second-order valence-corrected chi connectivity index (χ2v) is 8.31. The largest absolute Gasteiger partial charge is 0.492 e. The van der Waals surface area contributed by atoms with Gasteiger partial charge in [-0.25, -0.2) is 0 Å². The highest BCUT2D eigenvalue weighted by molar-refractivity contribution is 5.48. The maximum Gasteiger partial charge on any atom is 0.122 e. The van der Waals surface area contributed by atoms with Crippen LogP contribution in [0.3, 0.4) is 0 Å². The fraction of sp³-hybridized carbons (Fsp3) is 0.520. The molecule has 1 saturated heterocycles. The molecule has 0 spiro atoms. The third-order valence-electron chi connectivity index (χ3n) is 6.24. The van der Waals surface area contributed by atoms with Gasteiger partial charge < -0.3 is 25.0 Å². The number of hydrogen-bond donors (Lipinski definition) is 3. The molecule has 2 atom stereocenters. The quantitative estimate of drug-likeness (QED) is 0.491. The van der Waals surface area contributed by atoms with Crippen LogP contribution in [-0.4, -0.2) is 48.7 Å². The van der Waals surface area contributed by atoms with Crippen molar-refractivity contribution in [2.75, 3.05) is 26.4 Å². The summed E-state index contributed by atoms with van der Waals surface area (Å²) in [6, 6.07) is 13.4. The minimum atomic E-state index is -0.867. The molecule has 0 aromatic heterocycles. The first-order valence-electron chi connectivity index (χ1n) is 10.9. The summed E-state index contributed by atoms with van der Waals surface area (Å²) in [6.07, 6.45) is 1.10. The highest BCUT2D eigenvalue weighted by atomic mass is 16.5. The minimum Gasteiger partial charge on any atom is -0.492 e. The van der Waals surface area contributed by atoms with E-state index >= 15 is 0 Å². The van der Waals surface area contributed by atoms with Gasteiger partial charge in [0.2, 0.25) is 0 Å². The van der Waals surface area contributed by atoms with Crippen LogP contribution >= 0.6 is 0 Å². The topological polar surface area (TPSA) is 80.9 Å². The summed E-state index contributed by atoms with van der Waals surface area (Å²) in [7, 11) is 0. The Morgan fingerprint density at radius 1 is 1.00 bits per heavy atom. The summed E-state index contributed by atoms with van der Waals surface area (Å²) in [6.45, 7) is 10.2. The van der Waals surface area contributed by atoms with E-state index in [0.29, 0.717) is 6.04 Å². The molecule has 0 amide bonds. The number of ether oxygens (including phenoxy) is 2. The van der Waals surface area contributed by atoms with Crippen LogP contribution in [0.25, 0.3) is 0 Å². The first-order valence-corrected chi connectivity index (χ1v) is 10.9. The van der Waals surface area contributed by atoms with E-state index in [2.05, 4.69) is 56.4 Å². The Balaban J connectivity index is 1.86. The third kappa shape index (κ3) is 4.97. The van der Waals surface area contributed by atoms with Gasteiger partial charge in [0.05, 0.1) is 12.6 Å². The van der Waals surface area contributed by atoms with Crippen molar-refractivity contribution >= 4 is 0 Å². The van der Waals surface area contributed by atoms with Crippen LogP contribution < -0.4 is 14.8 Å². The maximum absolute atomic E-state index is 9.55. The molecule has 5 heteroatoms. The first-order chi connectivity index (χ1) is 14.4. The Kier molecular flexibility index (Phi) is 7.40. The van der Waals surface area contributed by atoms with Crippen molar-refractivity contribution < 1.29 is 19.7 Å². The average molecular weight is 414 g/mol. The van der Waals surface area contributed by atoms with Gasteiger partial charge in [0.15, 0.2) is 0 Å². The molecule has 30 heavy (non-hydrogen) atoms. The van der Waals surface area contributed by atoms with Gasteiger partial charge in [-0.1, -0.05) is 38.1 Å². The fourth-order valence-electron chi connectivity index (χ4n) is 4.08. The number of aryl methyl sites for hydroxylation is 2. The van der Waals surface area contributed by atoms with Crippen molar-refractivity contribution in [3.05, 3.63) is 58.7 Å². The Labute approximate surface area is 180 Å². The highest BCUT2D eigenvalue weighted by Crippen LogP contribution is 2.41. The number of aliphatic hydroxyl groups is 2. The predicted octanol–water partition coefficient (Wildman–Crippen LogP) is 3.49. The monoisotopic (exact) mass is 413 g/mol. The van der Waals surface area contributed by atoms with Crippen molar-refractivity contribution in [1.82, 2.24) is 5.32 Å². The summed E-state index contributed by atoms with van der Waals surface area (Å²) in [4.78, 5) is 0. The Bertz CT molecular complexity index is 843. The Morgan fingerprint density at radius 3 is 1.97 bits per heavy atom. The summed E-state index contributed by atoms with van der Waals surface area (Å²) >= 11 is 0. The number of hydrogen-bond acceptors (Lipinski definition) is 5. The zero-order valence-electron chi connectivity index (χ0n) is 18.6. The molecule has 1 aliphatic rings. The van der Waals surface area contributed by atoms with Gasteiger partial charge in [-0.3, -0.25) is 0 Å². The van der Waals surface area contributed by atoms with Crippen LogP contribution in [0, 0.1) is 13.8 Å². The molecule has 2 unspecified atom stereocenters. The standard InChI is InChI=1S/C25H35NO4/c1-5-25(6-2,19-7-9-23(17(3)11-19)29-15-21-13-26-21)20-8-10-24(18(4)12-20)30-16-22(28)14-27/h7-12,21-22,26-28H,5-6,13-16H2,1-4H3. The van der Waals surface area contributed by atoms with Gasteiger partial charge in [-0.15, -0.1) is 0 Å². The number of aliphatic hydroxyl groups excluding tert-OH is 2. The van der Waals surface area contributed by atoms with Gasteiger partial charge in [-0.2, -0.15) is 0 Å². The van der Waals surface area contributed by atoms with Crippen molar-refractivity contribution in [2.24, 2.45) is 0 Å². The zero-order chi connectivity index (χ0) is 21.7. The molecular weight excluding hydrogens is 378 g/mol. The van der Waals surface area contributed by atoms with E-state index in [4.69, 9.17) is 14.6 Å². The second kappa shape index (κ2) is 9.82. The molecule has 0 radical (unpaired) electrons. The van der Waals surface area contributed by atoms with Crippen LogP contribution in [0.5, 0.6) is 11.5 Å². The Morgan fingerprint density at radius 2 is 1.53 bits per heavy atom. The zero-order valence-corrected chi connectivity index (χ0v) is 18.6. The minimum absolute atomic E-state index is 0.0837. The molecule has 3 N–H and O–H groups in total. The lowest BCUT2D eigenvalue weighted by Gasteiger charge is -2.34. The van der Waals surface area contributed by atoms with Crippen LogP contribution in [0.4, 0.5) is 0 Å². The van der Waals surface area contributed by atoms with E-state index in [1.54, 1.807) is 0 Å². The van der Waals surface area contributed by atoms with Crippen LogP contribution in [0.15, 0.2) is 36.4 Å². The number of nitrogens with one attached hydrogen (secondary N) is 1. The van der Waals surface area contributed by atoms with E-state index < -0.39 is 6.10 Å². The molecule has 2 aromatic rings. The molecule has 0 saturated carbocycles. The van der Waals surface area contributed by atoms with Gasteiger partial charge in [0, 0.05) is 12.0 Å². The van der Waals surface area contributed by atoms with Crippen LogP contribution in [0.2, 0.25) is 0 Å².